The van der Waals surface area contributed by atoms with Crippen LogP contribution in [-0.4, -0.2) is 32.8 Å². The second-order valence-electron chi connectivity index (χ2n) is 3.57. The van der Waals surface area contributed by atoms with Crippen molar-refractivity contribution in [3.05, 3.63) is 23.8 Å². The molecule has 8 nitrogen and oxygen atoms in total. The summed E-state index contributed by atoms with van der Waals surface area (Å²) >= 11 is 0. The quantitative estimate of drug-likeness (QED) is 0.766. The van der Waals surface area contributed by atoms with E-state index in [1.807, 2.05) is 0 Å². The average molecular weight is 248 g/mol. The average Bonchev–Trinajstić information content (AvgIpc) is 2.71. The van der Waals surface area contributed by atoms with E-state index >= 15 is 0 Å². The van der Waals surface area contributed by atoms with E-state index in [0.29, 0.717) is 17.3 Å². The molecule has 4 N–H and O–H groups in total. The zero-order chi connectivity index (χ0) is 13.3. The summed E-state index contributed by atoms with van der Waals surface area (Å²) < 4.78 is 6.45. The van der Waals surface area contributed by atoms with Crippen molar-refractivity contribution < 1.29 is 9.53 Å². The highest BCUT2D eigenvalue weighted by atomic mass is 16.5. The molecule has 1 amide bonds. The molecule has 0 aliphatic carbocycles. The van der Waals surface area contributed by atoms with Crippen LogP contribution in [0.1, 0.15) is 16.1 Å². The number of carbonyl (C=O) groups excluding carboxylic acids is 1. The number of nitrogen functional groups attached to an aromatic ring is 1. The van der Waals surface area contributed by atoms with Gasteiger partial charge in [-0.2, -0.15) is 5.10 Å². The number of ether oxygens (including phenoxy) is 1. The lowest BCUT2D eigenvalue weighted by molar-refractivity contribution is 0.0996. The summed E-state index contributed by atoms with van der Waals surface area (Å²) in [7, 11) is 1.51. The zero-order valence-electron chi connectivity index (χ0n) is 9.91. The van der Waals surface area contributed by atoms with Gasteiger partial charge in [0, 0.05) is 0 Å². The molecule has 0 aromatic carbocycles. The molecule has 0 saturated carbocycles. The lowest BCUT2D eigenvalue weighted by Crippen LogP contribution is -2.14. The number of nitrogens with two attached hydrogens (primary N) is 2. The Morgan fingerprint density at radius 2 is 2.17 bits per heavy atom. The zero-order valence-corrected chi connectivity index (χ0v) is 9.91. The van der Waals surface area contributed by atoms with Crippen molar-refractivity contribution in [2.75, 3.05) is 12.8 Å². The van der Waals surface area contributed by atoms with Crippen LogP contribution in [0, 0.1) is 6.92 Å². The van der Waals surface area contributed by atoms with Crippen LogP contribution in [0.2, 0.25) is 0 Å². The SMILES string of the molecule is COc1ncnc(-n2cc(N)c(C(N)=O)n2)c1C. The third-order valence-corrected chi connectivity index (χ3v) is 2.40. The maximum Gasteiger partial charge on any atom is 0.271 e. The van der Waals surface area contributed by atoms with Crippen molar-refractivity contribution >= 4 is 11.6 Å². The van der Waals surface area contributed by atoms with Gasteiger partial charge in [0.2, 0.25) is 5.88 Å². The van der Waals surface area contributed by atoms with Crippen molar-refractivity contribution in [3.8, 4) is 11.7 Å². The number of amides is 1. The molecule has 0 aliphatic heterocycles. The Kier molecular flexibility index (Phi) is 2.84. The minimum absolute atomic E-state index is 0.00646. The highest BCUT2D eigenvalue weighted by Crippen LogP contribution is 2.20. The third kappa shape index (κ3) is 1.83. The molecular weight excluding hydrogens is 236 g/mol. The van der Waals surface area contributed by atoms with Gasteiger partial charge in [0.15, 0.2) is 11.5 Å². The van der Waals surface area contributed by atoms with E-state index in [1.54, 1.807) is 6.92 Å². The molecule has 2 aromatic heterocycles. The van der Waals surface area contributed by atoms with Crippen molar-refractivity contribution in [1.82, 2.24) is 19.7 Å². The van der Waals surface area contributed by atoms with Crippen molar-refractivity contribution in [3.63, 3.8) is 0 Å². The van der Waals surface area contributed by atoms with Crippen molar-refractivity contribution in [2.24, 2.45) is 5.73 Å². The van der Waals surface area contributed by atoms with Gasteiger partial charge in [-0.1, -0.05) is 0 Å². The Labute approximate surface area is 103 Å². The first-order chi connectivity index (χ1) is 8.54. The Morgan fingerprint density at radius 3 is 2.72 bits per heavy atom. The third-order valence-electron chi connectivity index (χ3n) is 2.40. The lowest BCUT2D eigenvalue weighted by atomic mass is 10.3. The van der Waals surface area contributed by atoms with Crippen LogP contribution in [-0.2, 0) is 0 Å². The van der Waals surface area contributed by atoms with E-state index in [1.165, 1.54) is 24.3 Å². The summed E-state index contributed by atoms with van der Waals surface area (Å²) in [4.78, 5) is 19.1. The summed E-state index contributed by atoms with van der Waals surface area (Å²) in [5.41, 5.74) is 11.7. The van der Waals surface area contributed by atoms with E-state index in [-0.39, 0.29) is 11.4 Å². The Hall–Kier alpha value is -2.64. The fraction of sp³-hybridized carbons (Fsp3) is 0.200. The number of hydrogen-bond acceptors (Lipinski definition) is 6. The number of anilines is 1. The summed E-state index contributed by atoms with van der Waals surface area (Å²) in [6, 6.07) is 0. The number of hydrogen-bond donors (Lipinski definition) is 2. The van der Waals surface area contributed by atoms with Gasteiger partial charge in [0.1, 0.15) is 6.33 Å². The maximum atomic E-state index is 11.1. The molecule has 0 radical (unpaired) electrons. The summed E-state index contributed by atoms with van der Waals surface area (Å²) in [6.45, 7) is 1.77. The van der Waals surface area contributed by atoms with Crippen LogP contribution < -0.4 is 16.2 Å². The van der Waals surface area contributed by atoms with Gasteiger partial charge in [-0.3, -0.25) is 4.79 Å². The molecule has 18 heavy (non-hydrogen) atoms. The maximum absolute atomic E-state index is 11.1. The minimum atomic E-state index is -0.690. The minimum Gasteiger partial charge on any atom is -0.481 e. The lowest BCUT2D eigenvalue weighted by Gasteiger charge is -2.07. The molecule has 0 spiro atoms. The first-order valence-corrected chi connectivity index (χ1v) is 5.05. The largest absolute Gasteiger partial charge is 0.481 e. The van der Waals surface area contributed by atoms with Crippen LogP contribution in [0.4, 0.5) is 5.69 Å². The summed E-state index contributed by atoms with van der Waals surface area (Å²) in [6.07, 6.45) is 2.80. The predicted molar refractivity (Wildman–Crippen MR) is 63.4 cm³/mol. The Bertz CT molecular complexity index is 606. The molecule has 0 bridgehead atoms. The number of rotatable bonds is 3. The van der Waals surface area contributed by atoms with Crippen LogP contribution in [0.25, 0.3) is 5.82 Å². The summed E-state index contributed by atoms with van der Waals surface area (Å²) in [5.74, 6) is 0.209. The first kappa shape index (κ1) is 11.8. The standard InChI is InChI=1S/C10H12N6O2/c1-5-9(13-4-14-10(5)18-2)16-3-6(11)7(15-16)8(12)17/h3-4H,11H2,1-2H3,(H2,12,17). The molecule has 2 heterocycles. The van der Waals surface area contributed by atoms with Crippen LogP contribution in [0.5, 0.6) is 5.88 Å². The molecule has 94 valence electrons. The van der Waals surface area contributed by atoms with E-state index in [2.05, 4.69) is 15.1 Å². The van der Waals surface area contributed by atoms with Gasteiger partial charge >= 0.3 is 0 Å². The molecule has 2 aromatic rings. The first-order valence-electron chi connectivity index (χ1n) is 5.05. The second kappa shape index (κ2) is 4.32. The normalized spacial score (nSPS) is 10.3. The number of aromatic nitrogens is 4. The molecule has 0 atom stereocenters. The highest BCUT2D eigenvalue weighted by molar-refractivity contribution is 5.95. The molecule has 0 saturated heterocycles. The number of methoxy groups -OCH3 is 1. The number of carbonyl (C=O) groups is 1. The van der Waals surface area contributed by atoms with Crippen LogP contribution in [0.3, 0.4) is 0 Å². The molecule has 8 heteroatoms. The number of primary amides is 1. The number of nitrogens with zero attached hydrogens (tertiary/aromatic N) is 4. The van der Waals surface area contributed by atoms with E-state index in [0.717, 1.165) is 0 Å². The van der Waals surface area contributed by atoms with Crippen molar-refractivity contribution in [2.45, 2.75) is 6.92 Å². The monoisotopic (exact) mass is 248 g/mol. The Balaban J connectivity index is 2.56. The van der Waals surface area contributed by atoms with Gasteiger partial charge in [-0.15, -0.1) is 0 Å². The van der Waals surface area contributed by atoms with Gasteiger partial charge in [-0.25, -0.2) is 14.6 Å². The van der Waals surface area contributed by atoms with E-state index < -0.39 is 5.91 Å². The molecule has 2 rings (SSSR count). The van der Waals surface area contributed by atoms with Crippen LogP contribution >= 0.6 is 0 Å². The second-order valence-corrected chi connectivity index (χ2v) is 3.57. The van der Waals surface area contributed by atoms with Crippen molar-refractivity contribution in [1.29, 1.82) is 0 Å². The molecular formula is C10H12N6O2. The fourth-order valence-corrected chi connectivity index (χ4v) is 1.55. The van der Waals surface area contributed by atoms with E-state index in [4.69, 9.17) is 16.2 Å². The fourth-order valence-electron chi connectivity index (χ4n) is 1.55. The van der Waals surface area contributed by atoms with Gasteiger partial charge in [-0.05, 0) is 6.92 Å². The molecule has 0 fully saturated rings. The molecule has 0 aliphatic rings. The van der Waals surface area contributed by atoms with Gasteiger partial charge in [0.25, 0.3) is 5.91 Å². The predicted octanol–water partition coefficient (Wildman–Crippen LogP) is -0.340. The van der Waals surface area contributed by atoms with Crippen LogP contribution in [0.15, 0.2) is 12.5 Å². The highest BCUT2D eigenvalue weighted by Gasteiger charge is 2.15. The topological polar surface area (TPSA) is 122 Å². The molecule has 0 unspecified atom stereocenters. The Morgan fingerprint density at radius 1 is 1.44 bits per heavy atom. The smallest absolute Gasteiger partial charge is 0.271 e. The van der Waals surface area contributed by atoms with Gasteiger partial charge in [0.05, 0.1) is 24.6 Å². The summed E-state index contributed by atoms with van der Waals surface area (Å²) in [5, 5.41) is 3.99. The van der Waals surface area contributed by atoms with E-state index in [9.17, 15) is 4.79 Å². The van der Waals surface area contributed by atoms with Gasteiger partial charge < -0.3 is 16.2 Å².